The predicted octanol–water partition coefficient (Wildman–Crippen LogP) is 4.51. The third-order valence-corrected chi connectivity index (χ3v) is 6.09. The van der Waals surface area contributed by atoms with E-state index in [0.717, 1.165) is 67.7 Å². The van der Waals surface area contributed by atoms with E-state index in [0.29, 0.717) is 0 Å². The van der Waals surface area contributed by atoms with Gasteiger partial charge in [-0.05, 0) is 54.8 Å². The number of anilines is 1. The number of hydrogen-bond donors (Lipinski definition) is 0. The lowest BCUT2D eigenvalue weighted by Gasteiger charge is -2.37. The monoisotopic (exact) mass is 398 g/mol. The summed E-state index contributed by atoms with van der Waals surface area (Å²) in [6.45, 7) is 5.25. The highest BCUT2D eigenvalue weighted by Gasteiger charge is 2.21. The number of piperazine rings is 1. The molecule has 0 unspecified atom stereocenters. The van der Waals surface area contributed by atoms with E-state index in [4.69, 9.17) is 21.1 Å². The van der Waals surface area contributed by atoms with Crippen LogP contribution in [0.25, 0.3) is 6.08 Å². The van der Waals surface area contributed by atoms with Crippen LogP contribution in [-0.2, 0) is 6.42 Å². The van der Waals surface area contributed by atoms with Gasteiger partial charge < -0.3 is 14.4 Å². The summed E-state index contributed by atoms with van der Waals surface area (Å²) in [7, 11) is 3.43. The molecular formula is C23H27ClN2O2. The maximum Gasteiger partial charge on any atom is 0.122 e. The zero-order chi connectivity index (χ0) is 19.5. The molecule has 148 valence electrons. The minimum Gasteiger partial charge on any atom is -0.497 e. The van der Waals surface area contributed by atoms with Crippen LogP contribution in [0.2, 0.25) is 5.02 Å². The van der Waals surface area contributed by atoms with Crippen LogP contribution < -0.4 is 14.4 Å². The second kappa shape index (κ2) is 8.46. The Bertz CT molecular complexity index is 856. The Kier molecular flexibility index (Phi) is 5.79. The maximum absolute atomic E-state index is 6.46. The Morgan fingerprint density at radius 1 is 0.893 bits per heavy atom. The molecule has 2 aliphatic rings. The van der Waals surface area contributed by atoms with Gasteiger partial charge in [0, 0.05) is 49.0 Å². The van der Waals surface area contributed by atoms with Crippen LogP contribution in [0.5, 0.6) is 11.5 Å². The topological polar surface area (TPSA) is 24.9 Å². The third-order valence-electron chi connectivity index (χ3n) is 5.76. The number of halogens is 1. The van der Waals surface area contributed by atoms with E-state index in [1.165, 1.54) is 16.8 Å². The van der Waals surface area contributed by atoms with Crippen molar-refractivity contribution in [1.29, 1.82) is 0 Å². The van der Waals surface area contributed by atoms with Gasteiger partial charge in [-0.3, -0.25) is 4.90 Å². The molecule has 2 aromatic rings. The van der Waals surface area contributed by atoms with Crippen LogP contribution in [0, 0.1) is 0 Å². The van der Waals surface area contributed by atoms with Crippen LogP contribution in [0.4, 0.5) is 5.69 Å². The van der Waals surface area contributed by atoms with Gasteiger partial charge in [0.2, 0.25) is 0 Å². The second-order valence-electron chi connectivity index (χ2n) is 7.41. The van der Waals surface area contributed by atoms with E-state index >= 15 is 0 Å². The minimum atomic E-state index is 0.817. The van der Waals surface area contributed by atoms with Gasteiger partial charge in [-0.15, -0.1) is 0 Å². The Morgan fingerprint density at radius 3 is 2.32 bits per heavy atom. The van der Waals surface area contributed by atoms with E-state index in [-0.39, 0.29) is 0 Å². The molecule has 0 atom stereocenters. The van der Waals surface area contributed by atoms with Crippen molar-refractivity contribution in [2.75, 3.05) is 51.8 Å². The van der Waals surface area contributed by atoms with Gasteiger partial charge in [-0.2, -0.15) is 0 Å². The van der Waals surface area contributed by atoms with Crippen LogP contribution in [0.15, 0.2) is 42.0 Å². The minimum absolute atomic E-state index is 0.817. The zero-order valence-corrected chi connectivity index (χ0v) is 17.3. The summed E-state index contributed by atoms with van der Waals surface area (Å²) in [4.78, 5) is 4.99. The molecule has 28 heavy (non-hydrogen) atoms. The number of fused-ring (bicyclic) bond motifs is 1. The standard InChI is InChI=1S/C23H27ClN2O2/c1-27-19-6-4-18(5-7-19)26-13-11-25(12-14-26)16-17-3-8-20-21(15-17)22(24)9-10-23(20)28-2/h4-7,9-10,15H,3,8,11-14,16H2,1-2H3. The number of hydrogen-bond acceptors (Lipinski definition) is 4. The van der Waals surface area contributed by atoms with Crippen molar-refractivity contribution < 1.29 is 9.47 Å². The van der Waals surface area contributed by atoms with Crippen LogP contribution in [-0.4, -0.2) is 51.8 Å². The molecule has 0 saturated carbocycles. The number of ether oxygens (including phenoxy) is 2. The molecule has 0 bridgehead atoms. The number of nitrogens with zero attached hydrogens (tertiary/aromatic N) is 2. The van der Waals surface area contributed by atoms with Crippen LogP contribution in [0.1, 0.15) is 17.5 Å². The largest absolute Gasteiger partial charge is 0.497 e. The number of benzene rings is 2. The predicted molar refractivity (Wildman–Crippen MR) is 116 cm³/mol. The van der Waals surface area contributed by atoms with Crippen molar-refractivity contribution >= 4 is 23.4 Å². The molecule has 1 saturated heterocycles. The van der Waals surface area contributed by atoms with Gasteiger partial charge >= 0.3 is 0 Å². The molecule has 0 amide bonds. The molecule has 4 nitrogen and oxygen atoms in total. The quantitative estimate of drug-likeness (QED) is 0.739. The fourth-order valence-corrected chi connectivity index (χ4v) is 4.38. The normalized spacial score (nSPS) is 17.1. The molecule has 2 aromatic carbocycles. The summed E-state index contributed by atoms with van der Waals surface area (Å²) in [6, 6.07) is 12.3. The Hall–Kier alpha value is -2.17. The average molecular weight is 399 g/mol. The highest BCUT2D eigenvalue weighted by atomic mass is 35.5. The summed E-state index contributed by atoms with van der Waals surface area (Å²) >= 11 is 6.46. The maximum atomic E-state index is 6.46. The lowest BCUT2D eigenvalue weighted by Crippen LogP contribution is -2.47. The summed E-state index contributed by atoms with van der Waals surface area (Å²) in [6.07, 6.45) is 4.35. The van der Waals surface area contributed by atoms with Crippen molar-refractivity contribution in [1.82, 2.24) is 4.90 Å². The summed E-state index contributed by atoms with van der Waals surface area (Å²) < 4.78 is 10.8. The van der Waals surface area contributed by atoms with Gasteiger partial charge in [0.05, 0.1) is 14.2 Å². The van der Waals surface area contributed by atoms with E-state index in [9.17, 15) is 0 Å². The molecule has 5 heteroatoms. The van der Waals surface area contributed by atoms with Crippen LogP contribution >= 0.6 is 11.6 Å². The Morgan fingerprint density at radius 2 is 1.64 bits per heavy atom. The SMILES string of the molecule is COc1ccc(N2CCN(CC3=Cc4c(Cl)ccc(OC)c4CC3)CC2)cc1. The molecule has 0 N–H and O–H groups in total. The molecule has 1 aliphatic carbocycles. The molecule has 0 aromatic heterocycles. The zero-order valence-electron chi connectivity index (χ0n) is 16.6. The Balaban J connectivity index is 1.38. The second-order valence-corrected chi connectivity index (χ2v) is 7.81. The smallest absolute Gasteiger partial charge is 0.122 e. The Labute approximate surface area is 172 Å². The lowest BCUT2D eigenvalue weighted by atomic mass is 9.91. The van der Waals surface area contributed by atoms with Gasteiger partial charge in [0.15, 0.2) is 0 Å². The first-order valence-electron chi connectivity index (χ1n) is 9.84. The number of rotatable bonds is 5. The van der Waals surface area contributed by atoms with E-state index in [2.05, 4.69) is 28.0 Å². The van der Waals surface area contributed by atoms with Crippen molar-refractivity contribution in [3.63, 3.8) is 0 Å². The van der Waals surface area contributed by atoms with Crippen LogP contribution in [0.3, 0.4) is 0 Å². The summed E-state index contributed by atoms with van der Waals surface area (Å²) in [5.41, 5.74) is 5.10. The first kappa shape index (κ1) is 19.2. The summed E-state index contributed by atoms with van der Waals surface area (Å²) in [5.74, 6) is 1.85. The molecule has 4 rings (SSSR count). The number of methoxy groups -OCH3 is 2. The lowest BCUT2D eigenvalue weighted by molar-refractivity contribution is 0.276. The first-order chi connectivity index (χ1) is 13.7. The summed E-state index contributed by atoms with van der Waals surface area (Å²) in [5, 5.41) is 0.817. The van der Waals surface area contributed by atoms with Crippen molar-refractivity contribution in [2.24, 2.45) is 0 Å². The average Bonchev–Trinajstić information content (AvgIpc) is 2.75. The highest BCUT2D eigenvalue weighted by Crippen LogP contribution is 2.36. The fourth-order valence-electron chi connectivity index (χ4n) is 4.15. The van der Waals surface area contributed by atoms with Crippen molar-refractivity contribution in [3.05, 3.63) is 58.1 Å². The molecule has 1 aliphatic heterocycles. The van der Waals surface area contributed by atoms with Gasteiger partial charge in [-0.25, -0.2) is 0 Å². The molecule has 0 spiro atoms. The fraction of sp³-hybridized carbons (Fsp3) is 0.391. The molecular weight excluding hydrogens is 372 g/mol. The van der Waals surface area contributed by atoms with Gasteiger partial charge in [0.1, 0.15) is 11.5 Å². The third kappa shape index (κ3) is 3.98. The van der Waals surface area contributed by atoms with E-state index in [1.54, 1.807) is 14.2 Å². The van der Waals surface area contributed by atoms with E-state index < -0.39 is 0 Å². The molecule has 1 heterocycles. The van der Waals surface area contributed by atoms with Gasteiger partial charge in [-0.1, -0.05) is 23.3 Å². The van der Waals surface area contributed by atoms with Gasteiger partial charge in [0.25, 0.3) is 0 Å². The van der Waals surface area contributed by atoms with E-state index in [1.807, 2.05) is 24.3 Å². The molecule has 0 radical (unpaired) electrons. The molecule has 1 fully saturated rings. The van der Waals surface area contributed by atoms with Crippen molar-refractivity contribution in [3.8, 4) is 11.5 Å². The van der Waals surface area contributed by atoms with Crippen molar-refractivity contribution in [2.45, 2.75) is 12.8 Å². The first-order valence-corrected chi connectivity index (χ1v) is 10.2. The highest BCUT2D eigenvalue weighted by molar-refractivity contribution is 6.32.